The summed E-state index contributed by atoms with van der Waals surface area (Å²) >= 11 is 0. The third-order valence-electron chi connectivity index (χ3n) is 2.02. The second-order valence-electron chi connectivity index (χ2n) is 3.45. The monoisotopic (exact) mass is 157 g/mol. The molecule has 0 bridgehead atoms. The molecule has 0 aromatic rings. The average Bonchev–Trinajstić information content (AvgIpc) is 2.63. The first-order chi connectivity index (χ1) is 5.16. The molecule has 1 saturated carbocycles. The van der Waals surface area contributed by atoms with Gasteiger partial charge < -0.3 is 0 Å². The molecule has 1 aliphatic rings. The van der Waals surface area contributed by atoms with E-state index in [4.69, 9.17) is 4.84 Å². The van der Waals surface area contributed by atoms with E-state index in [1.54, 1.807) is 0 Å². The van der Waals surface area contributed by atoms with E-state index in [1.807, 2.05) is 6.92 Å². The fourth-order valence-electron chi connectivity index (χ4n) is 0.967. The van der Waals surface area contributed by atoms with Crippen LogP contribution in [0, 0.1) is 5.41 Å². The number of hydrogen-bond acceptors (Lipinski definition) is 2. The molecule has 1 rings (SSSR count). The SMILES string of the molecule is CCONC(=O)CC1(C)CC1. The molecule has 0 aromatic carbocycles. The molecule has 0 spiro atoms. The van der Waals surface area contributed by atoms with Crippen LogP contribution in [-0.2, 0) is 9.63 Å². The summed E-state index contributed by atoms with van der Waals surface area (Å²) in [6, 6.07) is 0. The zero-order valence-corrected chi connectivity index (χ0v) is 7.14. The van der Waals surface area contributed by atoms with E-state index in [9.17, 15) is 4.79 Å². The van der Waals surface area contributed by atoms with E-state index in [0.29, 0.717) is 13.0 Å². The third-order valence-corrected chi connectivity index (χ3v) is 2.02. The van der Waals surface area contributed by atoms with Crippen molar-refractivity contribution in [3.05, 3.63) is 0 Å². The molecular weight excluding hydrogens is 142 g/mol. The van der Waals surface area contributed by atoms with Gasteiger partial charge in [-0.3, -0.25) is 9.63 Å². The molecule has 0 radical (unpaired) electrons. The summed E-state index contributed by atoms with van der Waals surface area (Å²) in [4.78, 5) is 15.8. The Morgan fingerprint density at radius 3 is 2.73 bits per heavy atom. The largest absolute Gasteiger partial charge is 0.274 e. The maximum Gasteiger partial charge on any atom is 0.244 e. The highest BCUT2D eigenvalue weighted by atomic mass is 16.6. The van der Waals surface area contributed by atoms with Crippen molar-refractivity contribution >= 4 is 5.91 Å². The molecule has 1 N–H and O–H groups in total. The van der Waals surface area contributed by atoms with E-state index < -0.39 is 0 Å². The highest BCUT2D eigenvalue weighted by Gasteiger charge is 2.39. The first-order valence-electron chi connectivity index (χ1n) is 4.07. The molecule has 3 nitrogen and oxygen atoms in total. The molecule has 0 unspecified atom stereocenters. The lowest BCUT2D eigenvalue weighted by Crippen LogP contribution is -2.25. The Bertz CT molecular complexity index is 152. The number of hydrogen-bond donors (Lipinski definition) is 1. The van der Waals surface area contributed by atoms with Gasteiger partial charge in [-0.15, -0.1) is 0 Å². The predicted octanol–water partition coefficient (Wildman–Crippen LogP) is 1.24. The lowest BCUT2D eigenvalue weighted by atomic mass is 10.1. The second-order valence-corrected chi connectivity index (χ2v) is 3.45. The van der Waals surface area contributed by atoms with Gasteiger partial charge in [-0.25, -0.2) is 5.48 Å². The molecule has 0 atom stereocenters. The van der Waals surface area contributed by atoms with Gasteiger partial charge in [0.2, 0.25) is 5.91 Å². The minimum absolute atomic E-state index is 0.00634. The molecule has 0 aromatic heterocycles. The van der Waals surface area contributed by atoms with Crippen LogP contribution >= 0.6 is 0 Å². The Balaban J connectivity index is 2.11. The number of amides is 1. The smallest absolute Gasteiger partial charge is 0.244 e. The Labute approximate surface area is 67.1 Å². The van der Waals surface area contributed by atoms with E-state index >= 15 is 0 Å². The zero-order chi connectivity index (χ0) is 8.32. The number of hydroxylamine groups is 1. The van der Waals surface area contributed by atoms with Crippen molar-refractivity contribution in [1.29, 1.82) is 0 Å². The maximum atomic E-state index is 11.0. The van der Waals surface area contributed by atoms with Gasteiger partial charge in [0.1, 0.15) is 0 Å². The summed E-state index contributed by atoms with van der Waals surface area (Å²) < 4.78 is 0. The maximum absolute atomic E-state index is 11.0. The van der Waals surface area contributed by atoms with Crippen LogP contribution < -0.4 is 5.48 Å². The van der Waals surface area contributed by atoms with Gasteiger partial charge in [-0.1, -0.05) is 6.92 Å². The van der Waals surface area contributed by atoms with Crippen molar-refractivity contribution in [1.82, 2.24) is 5.48 Å². The summed E-state index contributed by atoms with van der Waals surface area (Å²) in [6.07, 6.45) is 2.95. The number of carbonyl (C=O) groups is 1. The molecular formula is C8H15NO2. The van der Waals surface area contributed by atoms with Crippen molar-refractivity contribution in [2.45, 2.75) is 33.1 Å². The van der Waals surface area contributed by atoms with Gasteiger partial charge in [-0.2, -0.15) is 0 Å². The van der Waals surface area contributed by atoms with Crippen molar-refractivity contribution in [3.63, 3.8) is 0 Å². The van der Waals surface area contributed by atoms with Crippen LogP contribution in [0.5, 0.6) is 0 Å². The molecule has 64 valence electrons. The van der Waals surface area contributed by atoms with Crippen LogP contribution in [-0.4, -0.2) is 12.5 Å². The van der Waals surface area contributed by atoms with Gasteiger partial charge in [0.05, 0.1) is 6.61 Å². The third kappa shape index (κ3) is 2.89. The molecule has 0 aliphatic heterocycles. The van der Waals surface area contributed by atoms with E-state index in [0.717, 1.165) is 0 Å². The number of carbonyl (C=O) groups excluding carboxylic acids is 1. The minimum atomic E-state index is 0.00634. The molecule has 0 heterocycles. The van der Waals surface area contributed by atoms with Crippen LogP contribution in [0.2, 0.25) is 0 Å². The standard InChI is InChI=1S/C8H15NO2/c1-3-11-9-7(10)6-8(2)4-5-8/h3-6H2,1-2H3,(H,9,10). The van der Waals surface area contributed by atoms with E-state index in [2.05, 4.69) is 12.4 Å². The fraction of sp³-hybridized carbons (Fsp3) is 0.875. The van der Waals surface area contributed by atoms with Crippen LogP contribution in [0.15, 0.2) is 0 Å². The normalized spacial score (nSPS) is 19.5. The molecule has 0 saturated heterocycles. The lowest BCUT2D eigenvalue weighted by molar-refractivity contribution is -0.134. The van der Waals surface area contributed by atoms with Gasteiger partial charge in [-0.05, 0) is 25.2 Å². The van der Waals surface area contributed by atoms with Gasteiger partial charge >= 0.3 is 0 Å². The first-order valence-corrected chi connectivity index (χ1v) is 4.07. The summed E-state index contributed by atoms with van der Waals surface area (Å²) in [5.41, 5.74) is 2.67. The summed E-state index contributed by atoms with van der Waals surface area (Å²) in [7, 11) is 0. The van der Waals surface area contributed by atoms with Gasteiger partial charge in [0.15, 0.2) is 0 Å². The van der Waals surface area contributed by atoms with Crippen LogP contribution in [0.3, 0.4) is 0 Å². The Morgan fingerprint density at radius 2 is 2.27 bits per heavy atom. The molecule has 1 aliphatic carbocycles. The van der Waals surface area contributed by atoms with Crippen molar-refractivity contribution < 1.29 is 9.63 Å². The topological polar surface area (TPSA) is 38.3 Å². The van der Waals surface area contributed by atoms with Crippen molar-refractivity contribution in [3.8, 4) is 0 Å². The van der Waals surface area contributed by atoms with Crippen molar-refractivity contribution in [2.75, 3.05) is 6.61 Å². The van der Waals surface area contributed by atoms with E-state index in [1.165, 1.54) is 12.8 Å². The van der Waals surface area contributed by atoms with Crippen LogP contribution in [0.1, 0.15) is 33.1 Å². The molecule has 1 amide bonds. The molecule has 11 heavy (non-hydrogen) atoms. The summed E-state index contributed by atoms with van der Waals surface area (Å²) in [5, 5.41) is 0. The fourth-order valence-corrected chi connectivity index (χ4v) is 0.967. The Hall–Kier alpha value is -0.570. The zero-order valence-electron chi connectivity index (χ0n) is 7.14. The molecule has 3 heteroatoms. The number of rotatable bonds is 4. The quantitative estimate of drug-likeness (QED) is 0.623. The second kappa shape index (κ2) is 3.22. The first kappa shape index (κ1) is 8.53. The highest BCUT2D eigenvalue weighted by molar-refractivity contribution is 5.75. The van der Waals surface area contributed by atoms with Crippen molar-refractivity contribution in [2.24, 2.45) is 5.41 Å². The summed E-state index contributed by atoms with van der Waals surface area (Å²) in [5.74, 6) is 0.00634. The van der Waals surface area contributed by atoms with Crippen LogP contribution in [0.25, 0.3) is 0 Å². The van der Waals surface area contributed by atoms with Gasteiger partial charge in [0, 0.05) is 6.42 Å². The Morgan fingerprint density at radius 1 is 1.64 bits per heavy atom. The van der Waals surface area contributed by atoms with Crippen LogP contribution in [0.4, 0.5) is 0 Å². The Kier molecular flexibility index (Phi) is 2.49. The summed E-state index contributed by atoms with van der Waals surface area (Å²) in [6.45, 7) is 4.50. The van der Waals surface area contributed by atoms with E-state index in [-0.39, 0.29) is 11.3 Å². The lowest BCUT2D eigenvalue weighted by Gasteiger charge is -2.07. The minimum Gasteiger partial charge on any atom is -0.274 e. The average molecular weight is 157 g/mol. The number of nitrogens with one attached hydrogen (secondary N) is 1. The highest BCUT2D eigenvalue weighted by Crippen LogP contribution is 2.47. The predicted molar refractivity (Wildman–Crippen MR) is 41.7 cm³/mol. The van der Waals surface area contributed by atoms with Gasteiger partial charge in [0.25, 0.3) is 0 Å². The molecule has 1 fully saturated rings.